The van der Waals surface area contributed by atoms with Crippen molar-refractivity contribution < 1.29 is 9.13 Å². The number of hydrogen-bond donors (Lipinski definition) is 1. The lowest BCUT2D eigenvalue weighted by Crippen LogP contribution is -2.41. The maximum absolute atomic E-state index is 13.5. The van der Waals surface area contributed by atoms with Crippen LogP contribution in [0.5, 0.6) is 0 Å². The SMILES string of the molecule is O=c1c(N2CCOCC2)nc(CCCN[C@@H]2C[C@H]2c2ccc(F)cc2)cn1-c1ccc(-n2ccnn2)cc1. The number of hydrogen-bond acceptors (Lipinski definition) is 7. The van der Waals surface area contributed by atoms with Crippen LogP contribution in [0.2, 0.25) is 0 Å². The van der Waals surface area contributed by atoms with Gasteiger partial charge in [-0.1, -0.05) is 17.3 Å². The summed E-state index contributed by atoms with van der Waals surface area (Å²) >= 11 is 0. The predicted octanol–water partition coefficient (Wildman–Crippen LogP) is 2.87. The van der Waals surface area contributed by atoms with Gasteiger partial charge in [0.2, 0.25) is 0 Å². The van der Waals surface area contributed by atoms with Crippen molar-refractivity contribution >= 4 is 5.82 Å². The summed E-state index contributed by atoms with van der Waals surface area (Å²) in [7, 11) is 0. The molecule has 0 spiro atoms. The van der Waals surface area contributed by atoms with E-state index >= 15 is 0 Å². The second-order valence-electron chi connectivity index (χ2n) is 9.75. The maximum atomic E-state index is 13.5. The van der Waals surface area contributed by atoms with E-state index < -0.39 is 0 Å². The molecule has 1 aliphatic carbocycles. The van der Waals surface area contributed by atoms with Crippen molar-refractivity contribution in [3.05, 3.63) is 94.5 Å². The molecule has 6 rings (SSSR count). The van der Waals surface area contributed by atoms with E-state index in [1.807, 2.05) is 47.5 Å². The molecule has 2 atom stereocenters. The van der Waals surface area contributed by atoms with Crippen LogP contribution in [-0.4, -0.2) is 63.4 Å². The van der Waals surface area contributed by atoms with Crippen LogP contribution in [0.25, 0.3) is 11.4 Å². The largest absolute Gasteiger partial charge is 0.378 e. The first-order chi connectivity index (χ1) is 18.7. The molecular weight excluding hydrogens is 485 g/mol. The van der Waals surface area contributed by atoms with Gasteiger partial charge in [-0.05, 0) is 67.8 Å². The number of nitrogens with one attached hydrogen (secondary N) is 1. The first-order valence-electron chi connectivity index (χ1n) is 13.1. The molecule has 0 radical (unpaired) electrons. The number of anilines is 1. The highest BCUT2D eigenvalue weighted by Crippen LogP contribution is 2.40. The molecule has 38 heavy (non-hydrogen) atoms. The lowest BCUT2D eigenvalue weighted by Gasteiger charge is -2.28. The second kappa shape index (κ2) is 10.8. The monoisotopic (exact) mass is 515 g/mol. The molecule has 9 nitrogen and oxygen atoms in total. The average molecular weight is 516 g/mol. The molecule has 1 saturated carbocycles. The Morgan fingerprint density at radius 2 is 1.79 bits per heavy atom. The first-order valence-corrected chi connectivity index (χ1v) is 13.1. The summed E-state index contributed by atoms with van der Waals surface area (Å²) in [6.45, 7) is 3.30. The predicted molar refractivity (Wildman–Crippen MR) is 142 cm³/mol. The van der Waals surface area contributed by atoms with Crippen molar-refractivity contribution in [1.82, 2.24) is 29.9 Å². The minimum atomic E-state index is -0.199. The third-order valence-corrected chi connectivity index (χ3v) is 7.17. The zero-order valence-electron chi connectivity index (χ0n) is 21.0. The molecule has 0 amide bonds. The summed E-state index contributed by atoms with van der Waals surface area (Å²) < 4.78 is 22.1. The molecule has 2 fully saturated rings. The number of aryl methyl sites for hydroxylation is 1. The summed E-state index contributed by atoms with van der Waals surface area (Å²) in [6.07, 6.45) is 7.97. The van der Waals surface area contributed by atoms with Crippen molar-refractivity contribution in [1.29, 1.82) is 0 Å². The number of nitrogens with zero attached hydrogens (tertiary/aromatic N) is 6. The van der Waals surface area contributed by atoms with E-state index in [9.17, 15) is 9.18 Å². The van der Waals surface area contributed by atoms with Gasteiger partial charge in [0.05, 0.1) is 37.0 Å². The van der Waals surface area contributed by atoms with Crippen LogP contribution in [-0.2, 0) is 11.2 Å². The Morgan fingerprint density at radius 1 is 1.03 bits per heavy atom. The second-order valence-corrected chi connectivity index (χ2v) is 9.75. The Morgan fingerprint density at radius 3 is 2.53 bits per heavy atom. The maximum Gasteiger partial charge on any atom is 0.298 e. The Hall–Kier alpha value is -3.89. The van der Waals surface area contributed by atoms with Crippen LogP contribution in [0.15, 0.2) is 71.9 Å². The molecule has 0 unspecified atom stereocenters. The van der Waals surface area contributed by atoms with Crippen LogP contribution in [0.1, 0.15) is 30.0 Å². The fourth-order valence-corrected chi connectivity index (χ4v) is 4.99. The third-order valence-electron chi connectivity index (χ3n) is 7.17. The van der Waals surface area contributed by atoms with E-state index in [2.05, 4.69) is 15.6 Å². The number of ether oxygens (including phenoxy) is 1. The molecule has 1 saturated heterocycles. The first kappa shape index (κ1) is 24.4. The standard InChI is InChI=1S/C28H30FN7O2/c29-21-5-3-20(4-6-21)25-18-26(25)30-11-1-2-22-19-35(28(37)27(32-22)34-14-16-38-17-15-34)23-7-9-24(10-8-23)36-13-12-31-33-36/h3-10,12-13,19,25-26,30H,1-2,11,14-18H2/t25-,26+/m0/s1. The van der Waals surface area contributed by atoms with Crippen LogP contribution in [0.4, 0.5) is 10.2 Å². The highest BCUT2D eigenvalue weighted by atomic mass is 19.1. The number of benzene rings is 2. The summed E-state index contributed by atoms with van der Waals surface area (Å²) in [6, 6.07) is 14.9. The van der Waals surface area contributed by atoms with Crippen LogP contribution in [0.3, 0.4) is 0 Å². The number of halogens is 1. The van der Waals surface area contributed by atoms with Gasteiger partial charge in [-0.25, -0.2) is 14.1 Å². The van der Waals surface area contributed by atoms with Crippen LogP contribution in [0, 0.1) is 5.82 Å². The number of aromatic nitrogens is 5. The molecule has 1 N–H and O–H groups in total. The minimum Gasteiger partial charge on any atom is -0.378 e. The Kier molecular flexibility index (Phi) is 6.98. The summed E-state index contributed by atoms with van der Waals surface area (Å²) in [4.78, 5) is 20.3. The molecule has 2 aromatic carbocycles. The molecule has 0 bridgehead atoms. The summed E-state index contributed by atoms with van der Waals surface area (Å²) in [5.74, 6) is 0.720. The van der Waals surface area contributed by atoms with Crippen molar-refractivity contribution in [2.24, 2.45) is 0 Å². The molecular formula is C28H30FN7O2. The van der Waals surface area contributed by atoms with Crippen molar-refractivity contribution in [2.45, 2.75) is 31.2 Å². The van der Waals surface area contributed by atoms with Crippen LogP contribution < -0.4 is 15.8 Å². The summed E-state index contributed by atoms with van der Waals surface area (Å²) in [5, 5.41) is 11.5. The fraction of sp³-hybridized carbons (Fsp3) is 0.357. The Labute approximate surface area is 219 Å². The number of rotatable bonds is 9. The van der Waals surface area contributed by atoms with Gasteiger partial charge in [0, 0.05) is 36.9 Å². The van der Waals surface area contributed by atoms with Gasteiger partial charge in [-0.2, -0.15) is 0 Å². The molecule has 1 aliphatic heterocycles. The van der Waals surface area contributed by atoms with Gasteiger partial charge in [0.15, 0.2) is 5.82 Å². The van der Waals surface area contributed by atoms with Gasteiger partial charge in [-0.3, -0.25) is 9.36 Å². The highest BCUT2D eigenvalue weighted by Gasteiger charge is 2.37. The lowest BCUT2D eigenvalue weighted by atomic mass is 10.1. The quantitative estimate of drug-likeness (QED) is 0.343. The molecule has 196 valence electrons. The van der Waals surface area contributed by atoms with Gasteiger partial charge in [-0.15, -0.1) is 5.10 Å². The van der Waals surface area contributed by atoms with E-state index in [0.717, 1.165) is 42.9 Å². The zero-order valence-corrected chi connectivity index (χ0v) is 21.0. The lowest BCUT2D eigenvalue weighted by molar-refractivity contribution is 0.122. The topological polar surface area (TPSA) is 90.1 Å². The highest BCUT2D eigenvalue weighted by molar-refractivity contribution is 5.45. The normalized spacial score (nSPS) is 19.0. The summed E-state index contributed by atoms with van der Waals surface area (Å²) in [5.41, 5.74) is 3.56. The van der Waals surface area contributed by atoms with E-state index in [4.69, 9.17) is 9.72 Å². The van der Waals surface area contributed by atoms with Gasteiger partial charge in [0.1, 0.15) is 5.82 Å². The average Bonchev–Trinajstić information content (AvgIpc) is 3.51. The fourth-order valence-electron chi connectivity index (χ4n) is 4.99. The Balaban J connectivity index is 1.16. The van der Waals surface area contributed by atoms with Gasteiger partial charge >= 0.3 is 0 Å². The van der Waals surface area contributed by atoms with E-state index in [-0.39, 0.29) is 11.4 Å². The smallest absolute Gasteiger partial charge is 0.298 e. The molecule has 2 aromatic heterocycles. The van der Waals surface area contributed by atoms with Crippen LogP contribution >= 0.6 is 0 Å². The zero-order chi connectivity index (χ0) is 25.9. The van der Waals surface area contributed by atoms with Crippen molar-refractivity contribution in [3.63, 3.8) is 0 Å². The molecule has 10 heteroatoms. The van der Waals surface area contributed by atoms with E-state index in [0.29, 0.717) is 44.1 Å². The van der Waals surface area contributed by atoms with Crippen molar-refractivity contribution in [3.8, 4) is 11.4 Å². The molecule has 2 aliphatic rings. The Bertz CT molecular complexity index is 1420. The molecule has 3 heterocycles. The number of morpholine rings is 1. The van der Waals surface area contributed by atoms with Gasteiger partial charge < -0.3 is 15.0 Å². The van der Waals surface area contributed by atoms with Gasteiger partial charge in [0.25, 0.3) is 5.56 Å². The van der Waals surface area contributed by atoms with Crippen molar-refractivity contribution in [2.75, 3.05) is 37.7 Å². The third kappa shape index (κ3) is 5.36. The minimum absolute atomic E-state index is 0.137. The molecule has 4 aromatic rings. The van der Waals surface area contributed by atoms with E-state index in [1.165, 1.54) is 17.7 Å². The van der Waals surface area contributed by atoms with E-state index in [1.54, 1.807) is 21.6 Å².